The van der Waals surface area contributed by atoms with Crippen LogP contribution in [0, 0.1) is 22.7 Å². The summed E-state index contributed by atoms with van der Waals surface area (Å²) in [6, 6.07) is 10.9. The third-order valence-corrected chi connectivity index (χ3v) is 7.18. The van der Waals surface area contributed by atoms with Gasteiger partial charge in [0.2, 0.25) is 0 Å². The summed E-state index contributed by atoms with van der Waals surface area (Å²) in [5, 5.41) is 20.7. The molecule has 0 amide bonds. The van der Waals surface area contributed by atoms with Crippen LogP contribution >= 0.6 is 0 Å². The summed E-state index contributed by atoms with van der Waals surface area (Å²) in [6.45, 7) is 7.11. The van der Waals surface area contributed by atoms with Crippen LogP contribution in [0.25, 0.3) is 12.2 Å². The summed E-state index contributed by atoms with van der Waals surface area (Å²) >= 11 is 0. The lowest BCUT2D eigenvalue weighted by molar-refractivity contribution is 0.197. The molecule has 4 unspecified atom stereocenters. The summed E-state index contributed by atoms with van der Waals surface area (Å²) < 4.78 is 0. The number of pyridine rings is 1. The number of nitrogens with zero attached hydrogens (tertiary/aromatic N) is 3. The van der Waals surface area contributed by atoms with Crippen LogP contribution in [0.15, 0.2) is 30.5 Å². The predicted molar refractivity (Wildman–Crippen MR) is 115 cm³/mol. The quantitative estimate of drug-likeness (QED) is 0.757. The molecular formula is C25H27N3O. The second kappa shape index (κ2) is 6.43. The molecule has 4 atom stereocenters. The first-order chi connectivity index (χ1) is 13.9. The summed E-state index contributed by atoms with van der Waals surface area (Å²) in [4.78, 5) is 7.27. The molecule has 1 aromatic heterocycles. The molecule has 2 aromatic rings. The van der Waals surface area contributed by atoms with Crippen molar-refractivity contribution in [2.24, 2.45) is 11.3 Å². The lowest BCUT2D eigenvalue weighted by atomic mass is 9.71. The number of hydrogen-bond donors (Lipinski definition) is 1. The fourth-order valence-corrected chi connectivity index (χ4v) is 5.95. The average Bonchev–Trinajstić information content (AvgIpc) is 2.84. The van der Waals surface area contributed by atoms with E-state index >= 15 is 0 Å². The highest BCUT2D eigenvalue weighted by Gasteiger charge is 2.47. The van der Waals surface area contributed by atoms with E-state index in [2.05, 4.69) is 37.8 Å². The Kier molecular flexibility index (Phi) is 4.08. The Hall–Kier alpha value is -2.64. The molecular weight excluding hydrogens is 358 g/mol. The van der Waals surface area contributed by atoms with Gasteiger partial charge in [0.15, 0.2) is 0 Å². The maximum atomic E-state index is 11.2. The van der Waals surface area contributed by atoms with Gasteiger partial charge in [0.05, 0.1) is 29.2 Å². The molecule has 1 saturated carbocycles. The third kappa shape index (κ3) is 2.88. The Bertz CT molecular complexity index is 1050. The summed E-state index contributed by atoms with van der Waals surface area (Å²) in [6.07, 6.45) is 8.72. The van der Waals surface area contributed by atoms with Crippen molar-refractivity contribution in [2.45, 2.75) is 58.2 Å². The monoisotopic (exact) mass is 385 g/mol. The van der Waals surface area contributed by atoms with Crippen molar-refractivity contribution in [3.8, 4) is 6.07 Å². The molecule has 4 nitrogen and oxygen atoms in total. The maximum absolute atomic E-state index is 11.2. The van der Waals surface area contributed by atoms with Crippen LogP contribution in [0.2, 0.25) is 0 Å². The molecule has 29 heavy (non-hydrogen) atoms. The van der Waals surface area contributed by atoms with Crippen molar-refractivity contribution in [1.29, 1.82) is 5.26 Å². The molecule has 2 bridgehead atoms. The van der Waals surface area contributed by atoms with E-state index in [0.29, 0.717) is 29.0 Å². The minimum Gasteiger partial charge on any atom is -0.384 e. The minimum atomic E-state index is -0.788. The van der Waals surface area contributed by atoms with Crippen LogP contribution in [-0.2, 0) is 0 Å². The van der Waals surface area contributed by atoms with Crippen molar-refractivity contribution >= 4 is 17.8 Å². The maximum Gasteiger partial charge on any atom is 0.107 e. The molecule has 1 aliphatic heterocycles. The van der Waals surface area contributed by atoms with E-state index in [1.807, 2.05) is 30.5 Å². The lowest BCUT2D eigenvalue weighted by Gasteiger charge is -2.35. The van der Waals surface area contributed by atoms with Crippen LogP contribution in [0.3, 0.4) is 0 Å². The zero-order valence-corrected chi connectivity index (χ0v) is 17.3. The van der Waals surface area contributed by atoms with Gasteiger partial charge in [-0.25, -0.2) is 0 Å². The Balaban J connectivity index is 1.57. The second-order valence-corrected chi connectivity index (χ2v) is 9.69. The molecule has 2 aliphatic carbocycles. The minimum absolute atomic E-state index is 0.380. The van der Waals surface area contributed by atoms with E-state index in [-0.39, 0.29) is 0 Å². The Labute approximate surface area is 172 Å². The highest BCUT2D eigenvalue weighted by atomic mass is 16.3. The van der Waals surface area contributed by atoms with Crippen molar-refractivity contribution in [3.05, 3.63) is 58.4 Å². The summed E-state index contributed by atoms with van der Waals surface area (Å²) in [7, 11) is 0. The fraction of sp³-hybridized carbons (Fsp3) is 0.440. The number of aliphatic hydroxyl groups is 1. The molecule has 5 rings (SSSR count). The molecule has 2 fully saturated rings. The van der Waals surface area contributed by atoms with Crippen molar-refractivity contribution in [2.75, 3.05) is 4.90 Å². The van der Waals surface area contributed by atoms with E-state index < -0.39 is 6.10 Å². The number of hydrogen-bond acceptors (Lipinski definition) is 4. The molecule has 1 N–H and O–H groups in total. The molecule has 3 aliphatic rings. The van der Waals surface area contributed by atoms with Gasteiger partial charge in [0, 0.05) is 17.6 Å². The van der Waals surface area contributed by atoms with E-state index in [4.69, 9.17) is 4.98 Å². The Morgan fingerprint density at radius 1 is 1.21 bits per heavy atom. The van der Waals surface area contributed by atoms with E-state index in [0.717, 1.165) is 28.1 Å². The van der Waals surface area contributed by atoms with Gasteiger partial charge in [-0.05, 0) is 66.9 Å². The molecule has 0 radical (unpaired) electrons. The first kappa shape index (κ1) is 18.4. The van der Waals surface area contributed by atoms with E-state index in [1.54, 1.807) is 6.07 Å². The van der Waals surface area contributed by atoms with E-state index in [9.17, 15) is 10.4 Å². The number of benzene rings is 1. The molecule has 1 aromatic carbocycles. The molecule has 148 valence electrons. The van der Waals surface area contributed by atoms with Crippen LogP contribution in [0.5, 0.6) is 0 Å². The van der Waals surface area contributed by atoms with Gasteiger partial charge in [-0.1, -0.05) is 32.1 Å². The topological polar surface area (TPSA) is 60.1 Å². The predicted octanol–water partition coefficient (Wildman–Crippen LogP) is 4.92. The van der Waals surface area contributed by atoms with Gasteiger partial charge in [-0.3, -0.25) is 4.98 Å². The standard InChI is InChI=1S/C25H27N3O/c1-15-17-9-18(12-25(2,3)11-17)28(15)19-10-22-23(27-14-19)8-7-20-16(13-26)5-4-6-21(20)24(22)29/h4-8,10,14-15,17-18,24,29H,9,11-12H2,1-3H3. The summed E-state index contributed by atoms with van der Waals surface area (Å²) in [5.41, 5.74) is 5.22. The third-order valence-electron chi connectivity index (χ3n) is 7.18. The average molecular weight is 386 g/mol. The lowest BCUT2D eigenvalue weighted by Crippen LogP contribution is -2.36. The van der Waals surface area contributed by atoms with Crippen LogP contribution in [-0.4, -0.2) is 22.2 Å². The molecule has 2 heterocycles. The number of rotatable bonds is 1. The Morgan fingerprint density at radius 2 is 2.03 bits per heavy atom. The number of nitriles is 1. The number of fused-ring (bicyclic) bond motifs is 4. The number of aliphatic hydroxyl groups excluding tert-OH is 1. The summed E-state index contributed by atoms with van der Waals surface area (Å²) in [5.74, 6) is 0.714. The van der Waals surface area contributed by atoms with Gasteiger partial charge in [-0.15, -0.1) is 0 Å². The van der Waals surface area contributed by atoms with Crippen LogP contribution < -0.4 is 4.90 Å². The molecule has 1 saturated heterocycles. The van der Waals surface area contributed by atoms with Crippen molar-refractivity contribution in [1.82, 2.24) is 4.98 Å². The van der Waals surface area contributed by atoms with Crippen LogP contribution in [0.4, 0.5) is 5.69 Å². The zero-order valence-electron chi connectivity index (χ0n) is 17.3. The van der Waals surface area contributed by atoms with Crippen LogP contribution in [0.1, 0.15) is 74.1 Å². The Morgan fingerprint density at radius 3 is 2.83 bits per heavy atom. The highest BCUT2D eigenvalue weighted by Crippen LogP contribution is 2.50. The van der Waals surface area contributed by atoms with Gasteiger partial charge in [0.1, 0.15) is 6.10 Å². The molecule has 4 heteroatoms. The first-order valence-corrected chi connectivity index (χ1v) is 10.6. The van der Waals surface area contributed by atoms with Gasteiger partial charge in [0.25, 0.3) is 0 Å². The number of aromatic nitrogens is 1. The zero-order chi connectivity index (χ0) is 20.3. The number of anilines is 1. The van der Waals surface area contributed by atoms with E-state index in [1.165, 1.54) is 19.3 Å². The highest BCUT2D eigenvalue weighted by molar-refractivity contribution is 5.78. The largest absolute Gasteiger partial charge is 0.384 e. The molecule has 0 spiro atoms. The van der Waals surface area contributed by atoms with Crippen molar-refractivity contribution < 1.29 is 5.11 Å². The first-order valence-electron chi connectivity index (χ1n) is 10.6. The van der Waals surface area contributed by atoms with Gasteiger partial charge < -0.3 is 10.0 Å². The van der Waals surface area contributed by atoms with Crippen molar-refractivity contribution in [3.63, 3.8) is 0 Å². The van der Waals surface area contributed by atoms with Gasteiger partial charge in [-0.2, -0.15) is 5.26 Å². The SMILES string of the molecule is CC1C2CC(CC(C)(C)C2)N1c1cnc2c(c1)C(O)c1cccc(C#N)c1C=C2. The normalized spacial score (nSPS) is 29.0. The smallest absolute Gasteiger partial charge is 0.107 e. The van der Waals surface area contributed by atoms with Gasteiger partial charge >= 0.3 is 0 Å². The fourth-order valence-electron chi connectivity index (χ4n) is 5.95. The second-order valence-electron chi connectivity index (χ2n) is 9.69.